The number of alkyl halides is 2. The number of aromatic nitrogens is 2. The number of piperazine rings is 1. The summed E-state index contributed by atoms with van der Waals surface area (Å²) in [6, 6.07) is -0.165. The average Bonchev–Trinajstić information content (AvgIpc) is 2.80. The van der Waals surface area contributed by atoms with Crippen molar-refractivity contribution in [2.75, 3.05) is 13.1 Å². The van der Waals surface area contributed by atoms with Gasteiger partial charge in [-0.05, 0) is 13.8 Å². The molecule has 6 nitrogen and oxygen atoms in total. The molecule has 9 heteroatoms. The SMILES string of the molecule is CC1NCCN(S(=O)(=O)c2cnn(CC(F)F)c2)C1C. The number of nitrogens with zero attached hydrogens (tertiary/aromatic N) is 3. The lowest BCUT2D eigenvalue weighted by Gasteiger charge is -2.37. The van der Waals surface area contributed by atoms with Crippen LogP contribution in [0.1, 0.15) is 13.8 Å². The second kappa shape index (κ2) is 5.74. The molecule has 0 spiro atoms. The van der Waals surface area contributed by atoms with Gasteiger partial charge in [0.1, 0.15) is 11.4 Å². The van der Waals surface area contributed by atoms with Crippen LogP contribution in [0.2, 0.25) is 0 Å². The summed E-state index contributed by atoms with van der Waals surface area (Å²) >= 11 is 0. The Morgan fingerprint density at radius 3 is 2.85 bits per heavy atom. The lowest BCUT2D eigenvalue weighted by Crippen LogP contribution is -2.56. The summed E-state index contributed by atoms with van der Waals surface area (Å²) in [5, 5.41) is 6.87. The Morgan fingerprint density at radius 2 is 2.20 bits per heavy atom. The monoisotopic (exact) mass is 308 g/mol. The topological polar surface area (TPSA) is 67.2 Å². The largest absolute Gasteiger partial charge is 0.311 e. The molecule has 1 aromatic heterocycles. The van der Waals surface area contributed by atoms with Crippen LogP contribution in [0.4, 0.5) is 8.78 Å². The molecule has 114 valence electrons. The molecule has 2 heterocycles. The van der Waals surface area contributed by atoms with Crippen LogP contribution in [0.25, 0.3) is 0 Å². The third-order valence-corrected chi connectivity index (χ3v) is 5.46. The molecule has 0 amide bonds. The van der Waals surface area contributed by atoms with Crippen LogP contribution in [0, 0.1) is 0 Å². The highest BCUT2D eigenvalue weighted by molar-refractivity contribution is 7.89. The maximum atomic E-state index is 12.5. The van der Waals surface area contributed by atoms with Crippen LogP contribution in [-0.2, 0) is 16.6 Å². The van der Waals surface area contributed by atoms with Gasteiger partial charge in [0.15, 0.2) is 0 Å². The Labute approximate surface area is 116 Å². The van der Waals surface area contributed by atoms with Crippen molar-refractivity contribution in [3.05, 3.63) is 12.4 Å². The lowest BCUT2D eigenvalue weighted by atomic mass is 10.1. The maximum absolute atomic E-state index is 12.5. The third-order valence-electron chi connectivity index (χ3n) is 3.52. The molecule has 0 aromatic carbocycles. The maximum Gasteiger partial charge on any atom is 0.257 e. The Balaban J connectivity index is 2.23. The molecule has 1 aliphatic rings. The summed E-state index contributed by atoms with van der Waals surface area (Å²) < 4.78 is 51.9. The first-order valence-corrected chi connectivity index (χ1v) is 7.82. The van der Waals surface area contributed by atoms with Crippen molar-refractivity contribution in [2.24, 2.45) is 0 Å². The summed E-state index contributed by atoms with van der Waals surface area (Å²) in [6.07, 6.45) is -0.290. The molecule has 0 aliphatic carbocycles. The van der Waals surface area contributed by atoms with Gasteiger partial charge in [-0.3, -0.25) is 4.68 Å². The second-order valence-electron chi connectivity index (χ2n) is 4.89. The van der Waals surface area contributed by atoms with Gasteiger partial charge < -0.3 is 5.32 Å². The van der Waals surface area contributed by atoms with Gasteiger partial charge in [-0.15, -0.1) is 0 Å². The van der Waals surface area contributed by atoms with Crippen molar-refractivity contribution < 1.29 is 17.2 Å². The molecule has 1 aromatic rings. The number of hydrogen-bond acceptors (Lipinski definition) is 4. The van der Waals surface area contributed by atoms with Crippen molar-refractivity contribution in [2.45, 2.75) is 43.8 Å². The van der Waals surface area contributed by atoms with Crippen LogP contribution >= 0.6 is 0 Å². The normalized spacial score (nSPS) is 25.2. The van der Waals surface area contributed by atoms with Crippen LogP contribution < -0.4 is 5.32 Å². The van der Waals surface area contributed by atoms with Crippen LogP contribution in [0.3, 0.4) is 0 Å². The molecule has 20 heavy (non-hydrogen) atoms. The molecular formula is C11H18F2N4O2S. The standard InChI is InChI=1S/C11H18F2N4O2S/c1-8-9(2)17(4-3-14-8)20(18,19)10-5-15-16(6-10)7-11(12)13/h5-6,8-9,11,14H,3-4,7H2,1-2H3. The Hall–Kier alpha value is -1.06. The summed E-state index contributed by atoms with van der Waals surface area (Å²) in [5.41, 5.74) is 0. The highest BCUT2D eigenvalue weighted by Crippen LogP contribution is 2.21. The molecule has 2 unspecified atom stereocenters. The van der Waals surface area contributed by atoms with Crippen LogP contribution in [0.15, 0.2) is 17.3 Å². The predicted octanol–water partition coefficient (Wildman–Crippen LogP) is 0.519. The van der Waals surface area contributed by atoms with Gasteiger partial charge in [0, 0.05) is 31.4 Å². The van der Waals surface area contributed by atoms with E-state index in [2.05, 4.69) is 10.4 Å². The van der Waals surface area contributed by atoms with E-state index in [0.29, 0.717) is 13.1 Å². The summed E-state index contributed by atoms with van der Waals surface area (Å²) in [7, 11) is -3.69. The van der Waals surface area contributed by atoms with Crippen LogP contribution in [-0.4, -0.2) is 54.1 Å². The van der Waals surface area contributed by atoms with Crippen molar-refractivity contribution in [3.8, 4) is 0 Å². The smallest absolute Gasteiger partial charge is 0.257 e. The summed E-state index contributed by atoms with van der Waals surface area (Å²) in [6.45, 7) is 4.04. The van der Waals surface area contributed by atoms with E-state index in [-0.39, 0.29) is 17.0 Å². The van der Waals surface area contributed by atoms with Crippen molar-refractivity contribution >= 4 is 10.0 Å². The summed E-state index contributed by atoms with van der Waals surface area (Å²) in [4.78, 5) is -0.0425. The van der Waals surface area contributed by atoms with Gasteiger partial charge in [0.05, 0.1) is 6.20 Å². The number of hydrogen-bond donors (Lipinski definition) is 1. The van der Waals surface area contributed by atoms with Gasteiger partial charge in [-0.1, -0.05) is 0 Å². The third kappa shape index (κ3) is 2.99. The van der Waals surface area contributed by atoms with Gasteiger partial charge in [0.2, 0.25) is 10.0 Å². The Bertz CT molecular complexity index is 561. The van der Waals surface area contributed by atoms with E-state index in [1.807, 2.05) is 13.8 Å². The van der Waals surface area contributed by atoms with Gasteiger partial charge in [0.25, 0.3) is 6.43 Å². The van der Waals surface area contributed by atoms with E-state index in [1.54, 1.807) is 0 Å². The number of sulfonamides is 1. The zero-order chi connectivity index (χ0) is 14.9. The molecule has 2 rings (SSSR count). The van der Waals surface area contributed by atoms with E-state index in [4.69, 9.17) is 0 Å². The van der Waals surface area contributed by atoms with Crippen molar-refractivity contribution in [3.63, 3.8) is 0 Å². The lowest BCUT2D eigenvalue weighted by molar-refractivity contribution is 0.121. The number of nitrogens with one attached hydrogen (secondary N) is 1. The molecule has 2 atom stereocenters. The minimum absolute atomic E-state index is 0.0367. The summed E-state index contributed by atoms with van der Waals surface area (Å²) in [5.74, 6) is 0. The van der Waals surface area contributed by atoms with E-state index in [1.165, 1.54) is 4.31 Å². The van der Waals surface area contributed by atoms with E-state index < -0.39 is 23.0 Å². The Kier molecular flexibility index (Phi) is 4.40. The van der Waals surface area contributed by atoms with Crippen molar-refractivity contribution in [1.82, 2.24) is 19.4 Å². The zero-order valence-corrected chi connectivity index (χ0v) is 12.1. The molecule has 0 bridgehead atoms. The second-order valence-corrected chi connectivity index (χ2v) is 6.78. The molecule has 0 saturated carbocycles. The quantitative estimate of drug-likeness (QED) is 0.880. The fourth-order valence-electron chi connectivity index (χ4n) is 2.22. The highest BCUT2D eigenvalue weighted by Gasteiger charge is 2.35. The molecule has 1 fully saturated rings. The zero-order valence-electron chi connectivity index (χ0n) is 11.3. The molecule has 1 saturated heterocycles. The average molecular weight is 308 g/mol. The minimum Gasteiger partial charge on any atom is -0.311 e. The highest BCUT2D eigenvalue weighted by atomic mass is 32.2. The molecular weight excluding hydrogens is 290 g/mol. The number of halogens is 2. The first-order valence-electron chi connectivity index (χ1n) is 6.38. The van der Waals surface area contributed by atoms with Crippen LogP contribution in [0.5, 0.6) is 0 Å². The van der Waals surface area contributed by atoms with Gasteiger partial charge in [-0.2, -0.15) is 9.40 Å². The fourth-order valence-corrected chi connectivity index (χ4v) is 3.88. The van der Waals surface area contributed by atoms with Crippen molar-refractivity contribution in [1.29, 1.82) is 0 Å². The number of rotatable bonds is 4. The first kappa shape index (κ1) is 15.3. The van der Waals surface area contributed by atoms with E-state index in [9.17, 15) is 17.2 Å². The predicted molar refractivity (Wildman–Crippen MR) is 69.0 cm³/mol. The fraction of sp³-hybridized carbons (Fsp3) is 0.727. The van der Waals surface area contributed by atoms with E-state index >= 15 is 0 Å². The molecule has 1 aliphatic heterocycles. The molecule has 0 radical (unpaired) electrons. The Morgan fingerprint density at radius 1 is 1.50 bits per heavy atom. The van der Waals surface area contributed by atoms with E-state index in [0.717, 1.165) is 17.1 Å². The minimum atomic E-state index is -3.69. The van der Waals surface area contributed by atoms with Gasteiger partial charge >= 0.3 is 0 Å². The first-order chi connectivity index (χ1) is 9.32. The molecule has 1 N–H and O–H groups in total. The van der Waals surface area contributed by atoms with Gasteiger partial charge in [-0.25, -0.2) is 17.2 Å².